The lowest BCUT2D eigenvalue weighted by Gasteiger charge is -2.26. The van der Waals surface area contributed by atoms with Crippen molar-refractivity contribution in [3.05, 3.63) is 76.8 Å². The number of carbonyl (C=O) groups excluding carboxylic acids is 4. The molecule has 2 bridgehead atoms. The molecular formula is C27H25ClN2O5. The molecule has 5 atom stereocenters. The van der Waals surface area contributed by atoms with Crippen molar-refractivity contribution in [2.24, 2.45) is 23.7 Å². The molecule has 0 aromatic heterocycles. The van der Waals surface area contributed by atoms with Crippen LogP contribution < -0.4 is 5.32 Å². The number of aryl methyl sites for hydroxylation is 1. The van der Waals surface area contributed by atoms with Gasteiger partial charge in [-0.2, -0.15) is 0 Å². The molecule has 2 aliphatic carbocycles. The summed E-state index contributed by atoms with van der Waals surface area (Å²) in [5.41, 5.74) is 2.10. The Hall–Kier alpha value is -3.45. The van der Waals surface area contributed by atoms with Crippen LogP contribution >= 0.6 is 11.6 Å². The summed E-state index contributed by atoms with van der Waals surface area (Å²) < 4.78 is 5.34. The van der Waals surface area contributed by atoms with Gasteiger partial charge in [0, 0.05) is 17.1 Å². The van der Waals surface area contributed by atoms with Crippen LogP contribution in [0.3, 0.4) is 0 Å². The van der Waals surface area contributed by atoms with E-state index in [4.69, 9.17) is 16.3 Å². The number of nitrogens with one attached hydrogen (secondary N) is 1. The number of esters is 1. The summed E-state index contributed by atoms with van der Waals surface area (Å²) in [6, 6.07) is 13.1. The van der Waals surface area contributed by atoms with Crippen molar-refractivity contribution >= 4 is 41.0 Å². The number of hydrogen-bond donors (Lipinski definition) is 1. The van der Waals surface area contributed by atoms with E-state index in [0.717, 1.165) is 22.4 Å². The SMILES string of the molecule is Cc1ccc(Cl)cc1NC(=O)COC(=O)[C@H](Cc1ccccc1)N1C(=O)[C@@H]2[C@H](C1=O)[C@H]1C=C[C@H]2C1. The highest BCUT2D eigenvalue weighted by Gasteiger charge is 2.61. The van der Waals surface area contributed by atoms with Crippen molar-refractivity contribution < 1.29 is 23.9 Å². The van der Waals surface area contributed by atoms with Crippen LogP contribution in [-0.4, -0.2) is 41.2 Å². The highest BCUT2D eigenvalue weighted by Crippen LogP contribution is 2.53. The number of allylic oxidation sites excluding steroid dienone is 2. The van der Waals surface area contributed by atoms with Crippen molar-refractivity contribution in [3.8, 4) is 0 Å². The van der Waals surface area contributed by atoms with E-state index < -0.39 is 36.4 Å². The van der Waals surface area contributed by atoms with Gasteiger partial charge in [0.25, 0.3) is 5.91 Å². The minimum atomic E-state index is -1.14. The first-order chi connectivity index (χ1) is 16.8. The number of fused-ring (bicyclic) bond motifs is 5. The zero-order chi connectivity index (χ0) is 24.7. The van der Waals surface area contributed by atoms with E-state index in [2.05, 4.69) is 5.32 Å². The van der Waals surface area contributed by atoms with E-state index in [9.17, 15) is 19.2 Å². The van der Waals surface area contributed by atoms with Crippen LogP contribution in [-0.2, 0) is 30.3 Å². The van der Waals surface area contributed by atoms with Crippen LogP contribution in [0.15, 0.2) is 60.7 Å². The monoisotopic (exact) mass is 492 g/mol. The minimum absolute atomic E-state index is 0.0339. The fraction of sp³-hybridized carbons (Fsp3) is 0.333. The first kappa shape index (κ1) is 23.3. The molecule has 2 aromatic carbocycles. The Kier molecular flexibility index (Phi) is 6.19. The van der Waals surface area contributed by atoms with Gasteiger partial charge in [0.1, 0.15) is 6.04 Å². The average Bonchev–Trinajstić information content (AvgIpc) is 3.53. The van der Waals surface area contributed by atoms with Gasteiger partial charge in [-0.3, -0.25) is 19.3 Å². The summed E-state index contributed by atoms with van der Waals surface area (Å²) in [5, 5.41) is 3.14. The Balaban J connectivity index is 1.32. The van der Waals surface area contributed by atoms with Crippen LogP contribution in [0.5, 0.6) is 0 Å². The molecular weight excluding hydrogens is 468 g/mol. The number of benzene rings is 2. The Morgan fingerprint density at radius 3 is 2.37 bits per heavy atom. The van der Waals surface area contributed by atoms with Crippen LogP contribution in [0.25, 0.3) is 0 Å². The maximum atomic E-state index is 13.3. The molecule has 180 valence electrons. The predicted octanol–water partition coefficient (Wildman–Crippen LogP) is 3.55. The maximum absolute atomic E-state index is 13.3. The molecule has 3 aliphatic rings. The van der Waals surface area contributed by atoms with E-state index in [-0.39, 0.29) is 30.1 Å². The lowest BCUT2D eigenvalue weighted by Crippen LogP contribution is -2.48. The molecule has 2 aromatic rings. The predicted molar refractivity (Wildman–Crippen MR) is 129 cm³/mol. The van der Waals surface area contributed by atoms with Crippen molar-refractivity contribution in [1.82, 2.24) is 4.90 Å². The molecule has 35 heavy (non-hydrogen) atoms. The fourth-order valence-electron chi connectivity index (χ4n) is 5.50. The van der Waals surface area contributed by atoms with Crippen molar-refractivity contribution in [3.63, 3.8) is 0 Å². The molecule has 2 fully saturated rings. The van der Waals surface area contributed by atoms with Gasteiger partial charge in [-0.25, -0.2) is 4.79 Å². The van der Waals surface area contributed by atoms with Gasteiger partial charge in [-0.1, -0.05) is 60.2 Å². The Bertz CT molecular complexity index is 1200. The van der Waals surface area contributed by atoms with Gasteiger partial charge in [0.15, 0.2) is 6.61 Å². The lowest BCUT2D eigenvalue weighted by atomic mass is 9.85. The van der Waals surface area contributed by atoms with Gasteiger partial charge in [-0.15, -0.1) is 0 Å². The Morgan fingerprint density at radius 1 is 1.06 bits per heavy atom. The number of likely N-dealkylation sites (tertiary alicyclic amines) is 1. The summed E-state index contributed by atoms with van der Waals surface area (Å²) in [6.45, 7) is 1.27. The van der Waals surface area contributed by atoms with Crippen LogP contribution in [0.1, 0.15) is 17.5 Å². The summed E-state index contributed by atoms with van der Waals surface area (Å²) in [6.07, 6.45) is 4.94. The number of halogens is 1. The molecule has 8 heteroatoms. The Morgan fingerprint density at radius 2 is 1.71 bits per heavy atom. The van der Waals surface area contributed by atoms with E-state index in [1.54, 1.807) is 18.2 Å². The molecule has 1 aliphatic heterocycles. The number of carbonyl (C=O) groups is 4. The molecule has 0 unspecified atom stereocenters. The quantitative estimate of drug-likeness (QED) is 0.362. The lowest BCUT2D eigenvalue weighted by molar-refractivity contribution is -0.160. The molecule has 3 amide bonds. The number of ether oxygens (including phenoxy) is 1. The average molecular weight is 493 g/mol. The smallest absolute Gasteiger partial charge is 0.330 e. The third-order valence-electron chi connectivity index (χ3n) is 7.18. The maximum Gasteiger partial charge on any atom is 0.330 e. The van der Waals surface area contributed by atoms with Gasteiger partial charge >= 0.3 is 5.97 Å². The zero-order valence-electron chi connectivity index (χ0n) is 19.1. The molecule has 0 spiro atoms. The largest absolute Gasteiger partial charge is 0.454 e. The van der Waals surface area contributed by atoms with Gasteiger partial charge in [0.2, 0.25) is 11.8 Å². The zero-order valence-corrected chi connectivity index (χ0v) is 19.9. The minimum Gasteiger partial charge on any atom is -0.454 e. The topological polar surface area (TPSA) is 92.8 Å². The van der Waals surface area contributed by atoms with Gasteiger partial charge < -0.3 is 10.1 Å². The molecule has 0 radical (unpaired) electrons. The van der Waals surface area contributed by atoms with Crippen molar-refractivity contribution in [2.45, 2.75) is 25.8 Å². The number of amides is 3. The summed E-state index contributed by atoms with van der Waals surface area (Å²) in [7, 11) is 0. The number of hydrogen-bond acceptors (Lipinski definition) is 5. The molecule has 1 saturated heterocycles. The normalized spacial score (nSPS) is 25.0. The molecule has 1 N–H and O–H groups in total. The fourth-order valence-corrected chi connectivity index (χ4v) is 5.67. The number of nitrogens with zero attached hydrogens (tertiary/aromatic N) is 1. The number of rotatable bonds is 7. The second-order valence-corrected chi connectivity index (χ2v) is 9.80. The highest BCUT2D eigenvalue weighted by molar-refractivity contribution is 6.31. The van der Waals surface area contributed by atoms with Gasteiger partial charge in [0.05, 0.1) is 11.8 Å². The third-order valence-corrected chi connectivity index (χ3v) is 7.41. The standard InChI is InChI=1S/C27H25ClN2O5/c1-15-7-10-19(28)13-20(15)29-22(31)14-35-27(34)21(11-16-5-3-2-4-6-16)30-25(32)23-17-8-9-18(12-17)24(23)26(30)33/h2-10,13,17-18,21,23-24H,11-12,14H2,1H3,(H,29,31)/t17-,18-,21-,23-,24+/m0/s1. The van der Waals surface area contributed by atoms with Crippen LogP contribution in [0.4, 0.5) is 5.69 Å². The van der Waals surface area contributed by atoms with Crippen molar-refractivity contribution in [1.29, 1.82) is 0 Å². The van der Waals surface area contributed by atoms with Gasteiger partial charge in [-0.05, 0) is 48.4 Å². The summed E-state index contributed by atoms with van der Waals surface area (Å²) >= 11 is 6.00. The van der Waals surface area contributed by atoms with Crippen LogP contribution in [0.2, 0.25) is 5.02 Å². The van der Waals surface area contributed by atoms with Crippen LogP contribution in [0, 0.1) is 30.6 Å². The second-order valence-electron chi connectivity index (χ2n) is 9.37. The van der Waals surface area contributed by atoms with E-state index in [0.29, 0.717) is 10.7 Å². The Labute approximate surface area is 208 Å². The molecule has 5 rings (SSSR count). The first-order valence-electron chi connectivity index (χ1n) is 11.7. The third kappa shape index (κ3) is 4.36. The first-order valence-corrected chi connectivity index (χ1v) is 12.0. The second kappa shape index (κ2) is 9.30. The van der Waals surface area contributed by atoms with E-state index >= 15 is 0 Å². The number of imide groups is 1. The molecule has 1 saturated carbocycles. The van der Waals surface area contributed by atoms with Crippen molar-refractivity contribution in [2.75, 3.05) is 11.9 Å². The summed E-state index contributed by atoms with van der Waals surface area (Å²) in [4.78, 5) is 53.5. The van der Waals surface area contributed by atoms with E-state index in [1.165, 1.54) is 0 Å². The molecule has 1 heterocycles. The number of anilines is 1. The highest BCUT2D eigenvalue weighted by atomic mass is 35.5. The summed E-state index contributed by atoms with van der Waals surface area (Å²) in [5.74, 6) is -2.75. The molecule has 7 nitrogen and oxygen atoms in total. The van der Waals surface area contributed by atoms with E-state index in [1.807, 2.05) is 49.4 Å².